The van der Waals surface area contributed by atoms with Crippen LogP contribution in [-0.4, -0.2) is 44.2 Å². The number of ether oxygens (including phenoxy) is 1. The minimum absolute atomic E-state index is 0.246. The van der Waals surface area contributed by atoms with Gasteiger partial charge >= 0.3 is 0 Å². The Labute approximate surface area is 115 Å². The maximum absolute atomic E-state index is 5.95. The van der Waals surface area contributed by atoms with Crippen molar-refractivity contribution in [3.63, 3.8) is 0 Å². The standard InChI is InChI=1S/C16H24N2O/c1-18(10-9-17-14-6-7-14)12-16-15-5-3-2-4-13(15)8-11-19-16/h2-5,14,16-17H,6-12H2,1H3. The van der Waals surface area contributed by atoms with E-state index in [-0.39, 0.29) is 6.10 Å². The largest absolute Gasteiger partial charge is 0.372 e. The van der Waals surface area contributed by atoms with Crippen molar-refractivity contribution >= 4 is 0 Å². The van der Waals surface area contributed by atoms with Crippen molar-refractivity contribution in [2.75, 3.05) is 33.3 Å². The maximum Gasteiger partial charge on any atom is 0.0954 e. The van der Waals surface area contributed by atoms with Crippen LogP contribution in [0.15, 0.2) is 24.3 Å². The van der Waals surface area contributed by atoms with Gasteiger partial charge < -0.3 is 15.0 Å². The molecular formula is C16H24N2O. The van der Waals surface area contributed by atoms with Crippen molar-refractivity contribution in [1.29, 1.82) is 0 Å². The fourth-order valence-corrected chi connectivity index (χ4v) is 2.75. The highest BCUT2D eigenvalue weighted by molar-refractivity contribution is 5.31. The molecule has 1 heterocycles. The van der Waals surface area contributed by atoms with Crippen LogP contribution in [0.5, 0.6) is 0 Å². The topological polar surface area (TPSA) is 24.5 Å². The number of rotatable bonds is 6. The summed E-state index contributed by atoms with van der Waals surface area (Å²) in [5, 5.41) is 3.56. The summed E-state index contributed by atoms with van der Waals surface area (Å²) >= 11 is 0. The van der Waals surface area contributed by atoms with Gasteiger partial charge in [0.1, 0.15) is 0 Å². The first-order valence-electron chi connectivity index (χ1n) is 7.44. The van der Waals surface area contributed by atoms with Crippen LogP contribution < -0.4 is 5.32 Å². The molecule has 1 N–H and O–H groups in total. The second-order valence-electron chi connectivity index (χ2n) is 5.80. The van der Waals surface area contributed by atoms with Gasteiger partial charge in [0.05, 0.1) is 12.7 Å². The van der Waals surface area contributed by atoms with E-state index in [4.69, 9.17) is 4.74 Å². The van der Waals surface area contributed by atoms with Gasteiger partial charge in [0.15, 0.2) is 0 Å². The summed E-state index contributed by atoms with van der Waals surface area (Å²) in [7, 11) is 2.19. The number of nitrogens with one attached hydrogen (secondary N) is 1. The van der Waals surface area contributed by atoms with Gasteiger partial charge in [-0.15, -0.1) is 0 Å². The molecule has 3 rings (SSSR count). The Hall–Kier alpha value is -0.900. The Morgan fingerprint density at radius 1 is 1.32 bits per heavy atom. The predicted octanol–water partition coefficient (Wildman–Crippen LogP) is 1.98. The Morgan fingerprint density at radius 3 is 3.00 bits per heavy atom. The molecule has 3 heteroatoms. The quantitative estimate of drug-likeness (QED) is 0.846. The fraction of sp³-hybridized carbons (Fsp3) is 0.625. The first-order valence-corrected chi connectivity index (χ1v) is 7.44. The van der Waals surface area contributed by atoms with E-state index < -0.39 is 0 Å². The molecule has 0 radical (unpaired) electrons. The van der Waals surface area contributed by atoms with Crippen LogP contribution in [0.4, 0.5) is 0 Å². The third-order valence-electron chi connectivity index (χ3n) is 4.07. The second kappa shape index (κ2) is 6.04. The highest BCUT2D eigenvalue weighted by Crippen LogP contribution is 2.27. The maximum atomic E-state index is 5.95. The van der Waals surface area contributed by atoms with Gasteiger partial charge in [-0.2, -0.15) is 0 Å². The van der Waals surface area contributed by atoms with Crippen LogP contribution in [0.1, 0.15) is 30.1 Å². The Kier molecular flexibility index (Phi) is 4.16. The van der Waals surface area contributed by atoms with Gasteiger partial charge in [0, 0.05) is 25.7 Å². The Balaban J connectivity index is 1.51. The number of nitrogens with zero attached hydrogens (tertiary/aromatic N) is 1. The Bertz CT molecular complexity index is 417. The lowest BCUT2D eigenvalue weighted by atomic mass is 9.97. The SMILES string of the molecule is CN(CCNC1CC1)CC1OCCc2ccccc21. The number of likely N-dealkylation sites (N-methyl/N-ethyl adjacent to an activating group) is 1. The minimum atomic E-state index is 0.246. The molecule has 2 aliphatic rings. The molecule has 19 heavy (non-hydrogen) atoms. The normalized spacial score (nSPS) is 22.5. The van der Waals surface area contributed by atoms with Crippen LogP contribution in [-0.2, 0) is 11.2 Å². The van der Waals surface area contributed by atoms with Crippen molar-refractivity contribution in [3.8, 4) is 0 Å². The monoisotopic (exact) mass is 260 g/mol. The van der Waals surface area contributed by atoms with Crippen molar-refractivity contribution in [2.45, 2.75) is 31.4 Å². The zero-order valence-electron chi connectivity index (χ0n) is 11.8. The van der Waals surface area contributed by atoms with E-state index in [0.717, 1.165) is 38.7 Å². The predicted molar refractivity (Wildman–Crippen MR) is 77.4 cm³/mol. The van der Waals surface area contributed by atoms with Crippen LogP contribution in [0.3, 0.4) is 0 Å². The van der Waals surface area contributed by atoms with E-state index in [0.29, 0.717) is 0 Å². The average Bonchev–Trinajstić information content (AvgIpc) is 3.23. The summed E-state index contributed by atoms with van der Waals surface area (Å²) in [5.74, 6) is 0. The molecular weight excluding hydrogens is 236 g/mol. The molecule has 0 spiro atoms. The molecule has 1 aromatic rings. The summed E-state index contributed by atoms with van der Waals surface area (Å²) in [5.41, 5.74) is 2.85. The van der Waals surface area contributed by atoms with Crippen molar-refractivity contribution in [3.05, 3.63) is 35.4 Å². The van der Waals surface area contributed by atoms with Crippen molar-refractivity contribution in [1.82, 2.24) is 10.2 Å². The van der Waals surface area contributed by atoms with Gasteiger partial charge in [-0.25, -0.2) is 0 Å². The molecule has 0 bridgehead atoms. The smallest absolute Gasteiger partial charge is 0.0954 e. The first kappa shape index (κ1) is 13.1. The van der Waals surface area contributed by atoms with E-state index in [1.165, 1.54) is 24.0 Å². The summed E-state index contributed by atoms with van der Waals surface area (Å²) in [4.78, 5) is 2.38. The van der Waals surface area contributed by atoms with E-state index >= 15 is 0 Å². The van der Waals surface area contributed by atoms with Crippen LogP contribution >= 0.6 is 0 Å². The van der Waals surface area contributed by atoms with Crippen LogP contribution in [0.25, 0.3) is 0 Å². The number of benzene rings is 1. The molecule has 0 saturated heterocycles. The van der Waals surface area contributed by atoms with Crippen molar-refractivity contribution in [2.24, 2.45) is 0 Å². The molecule has 1 saturated carbocycles. The molecule has 1 atom stereocenters. The van der Waals surface area contributed by atoms with E-state index in [2.05, 4.69) is 41.5 Å². The van der Waals surface area contributed by atoms with E-state index in [1.807, 2.05) is 0 Å². The summed E-state index contributed by atoms with van der Waals surface area (Å²) in [6.07, 6.45) is 4.03. The molecule has 1 aliphatic heterocycles. The molecule has 1 aliphatic carbocycles. The molecule has 0 aromatic heterocycles. The number of fused-ring (bicyclic) bond motifs is 1. The minimum Gasteiger partial charge on any atom is -0.372 e. The van der Waals surface area contributed by atoms with Gasteiger partial charge in [-0.3, -0.25) is 0 Å². The lowest BCUT2D eigenvalue weighted by molar-refractivity contribution is 0.0213. The third-order valence-corrected chi connectivity index (χ3v) is 4.07. The molecule has 3 nitrogen and oxygen atoms in total. The Morgan fingerprint density at radius 2 is 2.16 bits per heavy atom. The van der Waals surface area contributed by atoms with Crippen molar-refractivity contribution < 1.29 is 4.74 Å². The van der Waals surface area contributed by atoms with Gasteiger partial charge in [-0.1, -0.05) is 24.3 Å². The summed E-state index contributed by atoms with van der Waals surface area (Å²) in [6.45, 7) is 4.03. The fourth-order valence-electron chi connectivity index (χ4n) is 2.75. The number of hydrogen-bond donors (Lipinski definition) is 1. The third kappa shape index (κ3) is 3.56. The van der Waals surface area contributed by atoms with Gasteiger partial charge in [0.25, 0.3) is 0 Å². The summed E-state index contributed by atoms with van der Waals surface area (Å²) < 4.78 is 5.95. The zero-order valence-corrected chi connectivity index (χ0v) is 11.8. The van der Waals surface area contributed by atoms with E-state index in [9.17, 15) is 0 Å². The lowest BCUT2D eigenvalue weighted by Crippen LogP contribution is -2.34. The zero-order chi connectivity index (χ0) is 13.1. The molecule has 1 unspecified atom stereocenters. The van der Waals surface area contributed by atoms with Crippen LogP contribution in [0.2, 0.25) is 0 Å². The van der Waals surface area contributed by atoms with Gasteiger partial charge in [0.2, 0.25) is 0 Å². The molecule has 104 valence electrons. The highest BCUT2D eigenvalue weighted by Gasteiger charge is 2.22. The summed E-state index contributed by atoms with van der Waals surface area (Å²) in [6, 6.07) is 9.51. The first-order chi connectivity index (χ1) is 9.33. The lowest BCUT2D eigenvalue weighted by Gasteiger charge is -2.29. The van der Waals surface area contributed by atoms with Gasteiger partial charge in [-0.05, 0) is 37.4 Å². The number of hydrogen-bond acceptors (Lipinski definition) is 3. The second-order valence-corrected chi connectivity index (χ2v) is 5.80. The van der Waals surface area contributed by atoms with E-state index in [1.54, 1.807) is 0 Å². The molecule has 1 aromatic carbocycles. The average molecular weight is 260 g/mol. The highest BCUT2D eigenvalue weighted by atomic mass is 16.5. The molecule has 0 amide bonds. The van der Waals surface area contributed by atoms with Crippen LogP contribution in [0, 0.1) is 0 Å². The molecule has 1 fully saturated rings.